The predicted octanol–water partition coefficient (Wildman–Crippen LogP) is 0.155. The minimum absolute atomic E-state index is 0.256. The van der Waals surface area contributed by atoms with Crippen molar-refractivity contribution in [1.29, 1.82) is 0 Å². The number of methoxy groups -OCH3 is 1. The summed E-state index contributed by atoms with van der Waals surface area (Å²) in [5.41, 5.74) is -8.55. The van der Waals surface area contributed by atoms with Crippen molar-refractivity contribution in [2.45, 2.75) is 63.0 Å². The standard InChI is InChI=1S/C12H15FN2O4.C11H13FN2O4/c1-10(2)4-11(7(16)14-9(18)15-11)6-5(10)12(6,13)8(17)19-3;1-9(2)3-10(6(15)13-8(18)14-10)5-4(9)11(5,12)7(16)17/h5-6H,4H2,1-3H3,(H2,14,15,16,18);4-5H,3H2,1-2H3,(H,16,17)(H2,13,14,15,18)/t5?,6?,11-,12?;4?,5?,10-,11?/m00/s1. The molecule has 6 rings (SSSR count). The van der Waals surface area contributed by atoms with Gasteiger partial charge in [0.2, 0.25) is 11.3 Å². The Morgan fingerprint density at radius 3 is 1.46 bits per heavy atom. The van der Waals surface area contributed by atoms with E-state index in [0.717, 1.165) is 7.11 Å². The van der Waals surface area contributed by atoms with E-state index >= 15 is 0 Å². The smallest absolute Gasteiger partial charge is 0.344 e. The fraction of sp³-hybridized carbons (Fsp3) is 0.739. The summed E-state index contributed by atoms with van der Waals surface area (Å²) in [4.78, 5) is 69.3. The van der Waals surface area contributed by atoms with Crippen LogP contribution in [0, 0.1) is 34.5 Å². The van der Waals surface area contributed by atoms with Crippen molar-refractivity contribution in [3.8, 4) is 0 Å². The van der Waals surface area contributed by atoms with E-state index in [4.69, 9.17) is 5.11 Å². The van der Waals surface area contributed by atoms with Gasteiger partial charge in [0.05, 0.1) is 7.11 Å². The monoisotopic (exact) mass is 526 g/mol. The number of hydrogen-bond acceptors (Lipinski definition) is 7. The van der Waals surface area contributed by atoms with Gasteiger partial charge in [0.25, 0.3) is 11.8 Å². The number of ether oxygens (including phenoxy) is 1. The van der Waals surface area contributed by atoms with Crippen LogP contribution in [0.4, 0.5) is 18.4 Å². The van der Waals surface area contributed by atoms with Crippen LogP contribution < -0.4 is 21.3 Å². The number of halogens is 2. The number of fused-ring (bicyclic) bond motifs is 4. The molecule has 6 unspecified atom stereocenters. The average Bonchev–Trinajstić information content (AvgIpc) is 3.44. The van der Waals surface area contributed by atoms with Crippen LogP contribution in [0.5, 0.6) is 0 Å². The minimum atomic E-state index is -2.42. The summed E-state index contributed by atoms with van der Waals surface area (Å²) in [5.74, 6) is -6.89. The molecular formula is C23H28F2N4O8. The third kappa shape index (κ3) is 2.81. The van der Waals surface area contributed by atoms with Gasteiger partial charge in [0, 0.05) is 23.7 Å². The molecule has 6 aliphatic rings. The number of hydrogen-bond donors (Lipinski definition) is 5. The highest BCUT2D eigenvalue weighted by Gasteiger charge is 2.89. The molecule has 0 aromatic heterocycles. The number of carbonyl (C=O) groups excluding carboxylic acids is 5. The zero-order valence-electron chi connectivity index (χ0n) is 20.8. The molecule has 2 aliphatic heterocycles. The molecular weight excluding hydrogens is 498 g/mol. The van der Waals surface area contributed by atoms with Gasteiger partial charge >= 0.3 is 24.0 Å². The van der Waals surface area contributed by atoms with Crippen LogP contribution in [0.2, 0.25) is 0 Å². The Balaban J connectivity index is 0.000000152. The maximum absolute atomic E-state index is 14.9. The first-order valence-electron chi connectivity index (χ1n) is 11.8. The Hall–Kier alpha value is -3.32. The Kier molecular flexibility index (Phi) is 4.63. The average molecular weight is 526 g/mol. The first kappa shape index (κ1) is 25.3. The third-order valence-electron chi connectivity index (χ3n) is 9.24. The number of nitrogens with one attached hydrogen (secondary N) is 4. The summed E-state index contributed by atoms with van der Waals surface area (Å²) in [6.07, 6.45) is 0.571. The number of urea groups is 2. The molecule has 4 saturated carbocycles. The third-order valence-corrected chi connectivity index (χ3v) is 9.24. The quantitative estimate of drug-likeness (QED) is 0.249. The zero-order valence-corrected chi connectivity index (χ0v) is 20.8. The van der Waals surface area contributed by atoms with E-state index < -0.39 is 92.7 Å². The highest BCUT2D eigenvalue weighted by molar-refractivity contribution is 6.10. The second kappa shape index (κ2) is 6.76. The van der Waals surface area contributed by atoms with E-state index in [2.05, 4.69) is 26.0 Å². The molecule has 37 heavy (non-hydrogen) atoms. The second-order valence-electron chi connectivity index (χ2n) is 12.3. The van der Waals surface area contributed by atoms with Crippen LogP contribution in [0.1, 0.15) is 40.5 Å². The Morgan fingerprint density at radius 1 is 0.784 bits per heavy atom. The largest absolute Gasteiger partial charge is 0.479 e. The fourth-order valence-electron chi connectivity index (χ4n) is 8.29. The molecule has 0 radical (unpaired) electrons. The first-order valence-corrected chi connectivity index (χ1v) is 11.8. The number of alkyl halides is 2. The van der Waals surface area contributed by atoms with Crippen molar-refractivity contribution in [3.05, 3.63) is 0 Å². The van der Waals surface area contributed by atoms with Crippen LogP contribution in [0.25, 0.3) is 0 Å². The maximum Gasteiger partial charge on any atom is 0.344 e. The number of amides is 6. The van der Waals surface area contributed by atoms with Gasteiger partial charge in [-0.3, -0.25) is 20.2 Å². The maximum atomic E-state index is 14.9. The van der Waals surface area contributed by atoms with E-state index in [0.29, 0.717) is 6.42 Å². The molecule has 6 fully saturated rings. The van der Waals surface area contributed by atoms with Gasteiger partial charge in [-0.1, -0.05) is 27.7 Å². The second-order valence-corrected chi connectivity index (χ2v) is 12.3. The molecule has 6 amide bonds. The van der Waals surface area contributed by atoms with Gasteiger partial charge in [-0.15, -0.1) is 0 Å². The molecule has 12 nitrogen and oxygen atoms in total. The molecule has 0 aromatic rings. The molecule has 2 saturated heterocycles. The van der Waals surface area contributed by atoms with Gasteiger partial charge in [-0.25, -0.2) is 28.0 Å². The Bertz CT molecular complexity index is 1210. The van der Waals surface area contributed by atoms with Crippen LogP contribution in [0.3, 0.4) is 0 Å². The van der Waals surface area contributed by atoms with Crippen molar-refractivity contribution in [1.82, 2.24) is 21.3 Å². The lowest BCUT2D eigenvalue weighted by Crippen LogP contribution is -2.52. The Morgan fingerprint density at radius 2 is 1.16 bits per heavy atom. The summed E-state index contributed by atoms with van der Waals surface area (Å²) < 4.78 is 33.9. The van der Waals surface area contributed by atoms with Gasteiger partial charge in [0.15, 0.2) is 0 Å². The van der Waals surface area contributed by atoms with Crippen LogP contribution in [-0.2, 0) is 23.9 Å². The van der Waals surface area contributed by atoms with Crippen molar-refractivity contribution < 1.29 is 47.4 Å². The highest BCUT2D eigenvalue weighted by Crippen LogP contribution is 2.75. The summed E-state index contributed by atoms with van der Waals surface area (Å²) in [7, 11) is 1.12. The number of rotatable bonds is 2. The summed E-state index contributed by atoms with van der Waals surface area (Å²) in [5, 5.41) is 18.2. The Labute approximate surface area is 209 Å². The molecule has 2 spiro atoms. The lowest BCUT2D eigenvalue weighted by Gasteiger charge is -2.31. The van der Waals surface area contributed by atoms with Crippen LogP contribution in [-0.4, -0.2) is 70.4 Å². The lowest BCUT2D eigenvalue weighted by molar-refractivity contribution is -0.152. The van der Waals surface area contributed by atoms with Crippen molar-refractivity contribution >= 4 is 35.8 Å². The molecule has 0 bridgehead atoms. The summed E-state index contributed by atoms with van der Waals surface area (Å²) in [6, 6.07) is -1.32. The van der Waals surface area contributed by atoms with Gasteiger partial charge in [-0.2, -0.15) is 0 Å². The number of carboxylic acids is 1. The highest BCUT2D eigenvalue weighted by atomic mass is 19.2. The topological polar surface area (TPSA) is 180 Å². The predicted molar refractivity (Wildman–Crippen MR) is 117 cm³/mol. The van der Waals surface area contributed by atoms with Crippen LogP contribution >= 0.6 is 0 Å². The van der Waals surface area contributed by atoms with E-state index in [-0.39, 0.29) is 6.42 Å². The molecule has 202 valence electrons. The van der Waals surface area contributed by atoms with Crippen LogP contribution in [0.15, 0.2) is 0 Å². The van der Waals surface area contributed by atoms with Crippen molar-refractivity contribution in [2.75, 3.05) is 7.11 Å². The van der Waals surface area contributed by atoms with E-state index in [1.807, 2.05) is 0 Å². The van der Waals surface area contributed by atoms with E-state index in [9.17, 15) is 37.5 Å². The molecule has 14 heteroatoms. The molecule has 5 N–H and O–H groups in total. The first-order chi connectivity index (χ1) is 16.9. The van der Waals surface area contributed by atoms with Gasteiger partial charge in [0.1, 0.15) is 11.1 Å². The number of carboxylic acid groups (broad SMARTS) is 1. The number of carbonyl (C=O) groups is 6. The van der Waals surface area contributed by atoms with E-state index in [1.165, 1.54) is 0 Å². The van der Waals surface area contributed by atoms with Gasteiger partial charge < -0.3 is 20.5 Å². The molecule has 0 aromatic carbocycles. The number of esters is 1. The number of imide groups is 2. The summed E-state index contributed by atoms with van der Waals surface area (Å²) >= 11 is 0. The normalized spacial score (nSPS) is 46.7. The molecule has 8 atom stereocenters. The molecule has 2 heterocycles. The molecule has 4 aliphatic carbocycles. The summed E-state index contributed by atoms with van der Waals surface area (Å²) in [6.45, 7) is 7.03. The van der Waals surface area contributed by atoms with Gasteiger partial charge in [-0.05, 0) is 23.7 Å². The van der Waals surface area contributed by atoms with Crippen molar-refractivity contribution in [2.24, 2.45) is 34.5 Å². The zero-order chi connectivity index (χ0) is 27.7. The number of aliphatic carboxylic acids is 1. The lowest BCUT2D eigenvalue weighted by atomic mass is 9.78. The minimum Gasteiger partial charge on any atom is -0.479 e. The SMILES string of the molecule is CC1(C)C[C@]2(NC(=O)NC2=O)C2C1C2(F)C(=O)O.COC(=O)C1(F)C2C1[C@]1(CC2(C)C)NC(=O)NC1=O. The van der Waals surface area contributed by atoms with Crippen molar-refractivity contribution in [3.63, 3.8) is 0 Å². The van der Waals surface area contributed by atoms with E-state index in [1.54, 1.807) is 27.7 Å². The fourth-order valence-corrected chi connectivity index (χ4v) is 8.29.